The lowest BCUT2D eigenvalue weighted by Crippen LogP contribution is -2.44. The monoisotopic (exact) mass is 594 g/mol. The third-order valence-electron chi connectivity index (χ3n) is 4.76. The molecular formula is C15H19F2N4O13P3. The summed E-state index contributed by atoms with van der Waals surface area (Å²) in [4.78, 5) is 54.4. The van der Waals surface area contributed by atoms with E-state index in [4.69, 9.17) is 20.3 Å². The highest BCUT2D eigenvalue weighted by atomic mass is 31.3. The topological polar surface area (TPSA) is 266 Å². The number of rotatable bonds is 8. The normalized spacial score (nSPS) is 28.3. The number of anilines is 1. The second-order valence-corrected chi connectivity index (χ2v) is 11.8. The minimum absolute atomic E-state index is 0.0853. The van der Waals surface area contributed by atoms with Crippen LogP contribution in [0.5, 0.6) is 0 Å². The number of aromatic amines is 1. The highest BCUT2D eigenvalue weighted by Crippen LogP contribution is 2.66. The van der Waals surface area contributed by atoms with Crippen molar-refractivity contribution in [1.82, 2.24) is 14.5 Å². The van der Waals surface area contributed by atoms with Gasteiger partial charge >= 0.3 is 23.5 Å². The summed E-state index contributed by atoms with van der Waals surface area (Å²) in [5.41, 5.74) is 1.44. The number of nitrogens with one attached hydrogen (secondary N) is 1. The first kappa shape index (κ1) is 29.5. The summed E-state index contributed by atoms with van der Waals surface area (Å²) >= 11 is 0. The summed E-state index contributed by atoms with van der Waals surface area (Å²) in [5, 5.41) is 10.6. The van der Waals surface area contributed by atoms with Crippen LogP contribution in [0.4, 0.5) is 14.7 Å². The van der Waals surface area contributed by atoms with Gasteiger partial charge in [-0.3, -0.25) is 14.3 Å². The average molecular weight is 594 g/mol. The van der Waals surface area contributed by atoms with Crippen molar-refractivity contribution in [3.05, 3.63) is 22.6 Å². The first-order valence-electron chi connectivity index (χ1n) is 9.66. The van der Waals surface area contributed by atoms with Crippen molar-refractivity contribution in [2.75, 3.05) is 12.4 Å². The van der Waals surface area contributed by atoms with Gasteiger partial charge in [0, 0.05) is 6.20 Å². The number of fused-ring (bicyclic) bond motifs is 1. The van der Waals surface area contributed by atoms with Gasteiger partial charge in [0.15, 0.2) is 11.9 Å². The Morgan fingerprint density at radius 2 is 1.95 bits per heavy atom. The molecule has 7 atom stereocenters. The molecule has 17 nitrogen and oxygen atoms in total. The number of phosphoric ester groups is 1. The molecular weight excluding hydrogens is 575 g/mol. The maximum absolute atomic E-state index is 16.1. The van der Waals surface area contributed by atoms with E-state index in [1.165, 1.54) is 6.07 Å². The fraction of sp³-hybridized carbons (Fsp3) is 0.467. The number of nitrogens with zero attached hydrogens (tertiary/aromatic N) is 2. The molecule has 1 aliphatic rings. The summed E-state index contributed by atoms with van der Waals surface area (Å²) in [6, 6.07) is 1.20. The summed E-state index contributed by atoms with van der Waals surface area (Å²) in [6.45, 7) is -0.420. The van der Waals surface area contributed by atoms with Crippen LogP contribution in [0.2, 0.25) is 0 Å². The van der Waals surface area contributed by atoms with Gasteiger partial charge in [-0.05, 0) is 13.0 Å². The quantitative estimate of drug-likeness (QED) is 0.156. The number of nitrogen functional groups attached to an aromatic ring is 1. The zero-order valence-corrected chi connectivity index (χ0v) is 20.9. The SMILES string of the molecule is C[C@@H](OP(=O)(O)OP(=O)(O)OP(=O)(O)O)C1OC(n2ccc3c(=O)[nH]c(N)nc32)C(F)(C#CCF)C1O. The van der Waals surface area contributed by atoms with Crippen LogP contribution < -0.4 is 11.3 Å². The number of aliphatic hydroxyl groups is 1. The molecule has 0 spiro atoms. The first-order valence-corrected chi connectivity index (χ1v) is 14.2. The molecule has 22 heteroatoms. The Labute approximate surface area is 204 Å². The summed E-state index contributed by atoms with van der Waals surface area (Å²) in [5.74, 6) is 3.29. The number of halogens is 2. The molecule has 0 saturated carbocycles. The first-order chi connectivity index (χ1) is 16.9. The molecule has 0 aliphatic carbocycles. The molecule has 2 aromatic heterocycles. The van der Waals surface area contributed by atoms with Gasteiger partial charge in [-0.25, -0.2) is 22.5 Å². The van der Waals surface area contributed by atoms with Gasteiger partial charge < -0.3 is 39.7 Å². The molecule has 206 valence electrons. The van der Waals surface area contributed by atoms with Crippen LogP contribution in [0.1, 0.15) is 13.2 Å². The van der Waals surface area contributed by atoms with Gasteiger partial charge in [0.1, 0.15) is 18.9 Å². The van der Waals surface area contributed by atoms with Crippen molar-refractivity contribution in [3.63, 3.8) is 0 Å². The van der Waals surface area contributed by atoms with Crippen LogP contribution in [0, 0.1) is 11.8 Å². The van der Waals surface area contributed by atoms with Crippen LogP contribution in [-0.4, -0.2) is 69.9 Å². The van der Waals surface area contributed by atoms with Crippen LogP contribution in [-0.2, 0) is 31.6 Å². The van der Waals surface area contributed by atoms with E-state index in [0.29, 0.717) is 0 Å². The highest BCUT2D eigenvalue weighted by molar-refractivity contribution is 7.66. The van der Waals surface area contributed by atoms with Gasteiger partial charge in [-0.2, -0.15) is 13.6 Å². The van der Waals surface area contributed by atoms with Crippen molar-refractivity contribution >= 4 is 40.4 Å². The van der Waals surface area contributed by atoms with E-state index in [0.717, 1.165) is 17.7 Å². The Kier molecular flexibility index (Phi) is 8.19. The van der Waals surface area contributed by atoms with Gasteiger partial charge in [-0.15, -0.1) is 0 Å². The minimum Gasteiger partial charge on any atom is -0.386 e. The van der Waals surface area contributed by atoms with Crippen LogP contribution in [0.25, 0.3) is 11.0 Å². The molecule has 3 heterocycles. The molecule has 1 aliphatic heterocycles. The Hall–Kier alpha value is -2.03. The number of aliphatic hydroxyl groups excluding tert-OH is 1. The predicted molar refractivity (Wildman–Crippen MR) is 117 cm³/mol. The van der Waals surface area contributed by atoms with E-state index in [2.05, 4.69) is 23.1 Å². The zero-order valence-electron chi connectivity index (χ0n) is 18.2. The van der Waals surface area contributed by atoms with E-state index >= 15 is 4.39 Å². The van der Waals surface area contributed by atoms with E-state index in [1.807, 2.05) is 5.92 Å². The third kappa shape index (κ3) is 6.52. The van der Waals surface area contributed by atoms with E-state index < -0.39 is 65.9 Å². The molecule has 37 heavy (non-hydrogen) atoms. The number of aromatic nitrogens is 3. The molecule has 6 unspecified atom stereocenters. The summed E-state index contributed by atoms with van der Waals surface area (Å²) < 4.78 is 81.4. The fourth-order valence-corrected chi connectivity index (χ4v) is 6.67. The smallest absolute Gasteiger partial charge is 0.386 e. The van der Waals surface area contributed by atoms with Crippen molar-refractivity contribution in [1.29, 1.82) is 0 Å². The average Bonchev–Trinajstić information content (AvgIpc) is 3.23. The molecule has 8 N–H and O–H groups in total. The number of alkyl halides is 2. The van der Waals surface area contributed by atoms with Crippen molar-refractivity contribution in [2.24, 2.45) is 0 Å². The number of nitrogens with two attached hydrogens (primary N) is 1. The molecule has 1 saturated heterocycles. The Balaban J connectivity index is 1.95. The second kappa shape index (κ2) is 10.3. The predicted octanol–water partition coefficient (Wildman–Crippen LogP) is -0.0219. The second-order valence-electron chi connectivity index (χ2n) is 7.41. The van der Waals surface area contributed by atoms with Gasteiger partial charge in [0.25, 0.3) is 5.56 Å². The van der Waals surface area contributed by atoms with E-state index in [-0.39, 0.29) is 17.0 Å². The molecule has 0 amide bonds. The lowest BCUT2D eigenvalue weighted by Gasteiger charge is -2.25. The highest BCUT2D eigenvalue weighted by Gasteiger charge is 2.60. The van der Waals surface area contributed by atoms with Crippen LogP contribution >= 0.6 is 23.5 Å². The molecule has 3 rings (SSSR count). The van der Waals surface area contributed by atoms with Crippen molar-refractivity contribution in [2.45, 2.75) is 37.1 Å². The molecule has 0 bridgehead atoms. The lowest BCUT2D eigenvalue weighted by molar-refractivity contribution is -0.0752. The molecule has 0 radical (unpaired) electrons. The standard InChI is InChI=1S/C15H19F2N4O13P3/c1-7(32-36(27,28)34-37(29,30)33-35(24,25)26)9-10(22)15(17,4-2-5-16)13(31-9)21-6-3-8-11(21)19-14(18)20-12(8)23/h3,6-7,9-10,13,22H,5H2,1H3,(H,27,28)(H,29,30)(H2,24,25,26)(H3,18,19,20,23)/t7-,9?,10?,13?,15?/m1/s1. The Morgan fingerprint density at radius 1 is 1.30 bits per heavy atom. The molecule has 2 aromatic rings. The van der Waals surface area contributed by atoms with E-state index in [9.17, 15) is 37.8 Å². The lowest BCUT2D eigenvalue weighted by atomic mass is 9.94. The number of hydrogen-bond acceptors (Lipinski definition) is 11. The summed E-state index contributed by atoms with van der Waals surface area (Å²) in [6.07, 6.45) is -6.97. The minimum atomic E-state index is -5.87. The van der Waals surface area contributed by atoms with Gasteiger partial charge in [-0.1, -0.05) is 11.8 Å². The van der Waals surface area contributed by atoms with Gasteiger partial charge in [0.05, 0.1) is 11.5 Å². The van der Waals surface area contributed by atoms with Gasteiger partial charge in [0.2, 0.25) is 11.6 Å². The zero-order chi connectivity index (χ0) is 28.0. The largest absolute Gasteiger partial charge is 0.490 e. The van der Waals surface area contributed by atoms with Crippen LogP contribution in [0.15, 0.2) is 17.1 Å². The molecule has 1 fully saturated rings. The number of H-pyrrole nitrogens is 1. The number of hydrogen-bond donors (Lipinski definition) is 7. The summed E-state index contributed by atoms with van der Waals surface area (Å²) in [7, 11) is -17.2. The number of ether oxygens (including phenoxy) is 1. The third-order valence-corrected chi connectivity index (χ3v) is 8.69. The fourth-order valence-electron chi connectivity index (χ4n) is 3.47. The Bertz CT molecular complexity index is 1450. The van der Waals surface area contributed by atoms with E-state index in [1.54, 1.807) is 5.92 Å². The maximum Gasteiger partial charge on any atom is 0.490 e. The van der Waals surface area contributed by atoms with Crippen molar-refractivity contribution in [3.8, 4) is 11.8 Å². The molecule has 0 aromatic carbocycles. The number of phosphoric acid groups is 3. The maximum atomic E-state index is 16.1. The van der Waals surface area contributed by atoms with Crippen molar-refractivity contribution < 1.29 is 65.0 Å². The Morgan fingerprint density at radius 3 is 2.54 bits per heavy atom. The van der Waals surface area contributed by atoms with Crippen LogP contribution in [0.3, 0.4) is 0 Å².